The van der Waals surface area contributed by atoms with E-state index < -0.39 is 6.10 Å². The number of methoxy groups -OCH3 is 1. The lowest BCUT2D eigenvalue weighted by molar-refractivity contribution is 0.170. The summed E-state index contributed by atoms with van der Waals surface area (Å²) in [5, 5.41) is 13.8. The Kier molecular flexibility index (Phi) is 7.82. The molecule has 2 aromatic rings. The summed E-state index contributed by atoms with van der Waals surface area (Å²) in [7, 11) is 3.76. The number of aryl methyl sites for hydroxylation is 1. The highest BCUT2D eigenvalue weighted by molar-refractivity contribution is 7.80. The summed E-state index contributed by atoms with van der Waals surface area (Å²) in [4.78, 5) is 3.17. The number of ether oxygens (including phenoxy) is 1. The molecule has 0 aliphatic rings. The smallest absolute Gasteiger partial charge is 0.119 e. The van der Waals surface area contributed by atoms with E-state index in [1.54, 1.807) is 7.11 Å². The number of aliphatic hydroxyl groups excluding tert-OH is 1. The highest BCUT2D eigenvalue weighted by Crippen LogP contribution is 2.20. The average molecular weight is 375 g/mol. The van der Waals surface area contributed by atoms with Crippen molar-refractivity contribution >= 4 is 18.3 Å². The van der Waals surface area contributed by atoms with Crippen molar-refractivity contribution in [2.75, 3.05) is 32.1 Å². The van der Waals surface area contributed by atoms with Crippen molar-refractivity contribution in [3.05, 3.63) is 53.6 Å². The Morgan fingerprint density at radius 1 is 1.19 bits per heavy atom. The zero-order chi connectivity index (χ0) is 19.1. The lowest BCUT2D eigenvalue weighted by Gasteiger charge is -2.23. The summed E-state index contributed by atoms with van der Waals surface area (Å²) in [6, 6.07) is 14.3. The van der Waals surface area contributed by atoms with Gasteiger partial charge in [-0.25, -0.2) is 0 Å². The lowest BCUT2D eigenvalue weighted by atomic mass is 10.1. The van der Waals surface area contributed by atoms with Crippen LogP contribution in [-0.4, -0.2) is 38.4 Å². The molecule has 0 aliphatic heterocycles. The molecule has 0 fully saturated rings. The molecule has 2 rings (SSSR count). The third kappa shape index (κ3) is 5.94. The van der Waals surface area contributed by atoms with Crippen LogP contribution in [0.1, 0.15) is 30.6 Å². The summed E-state index contributed by atoms with van der Waals surface area (Å²) in [5.41, 5.74) is 3.18. The number of hydrogen-bond acceptors (Lipinski definition) is 5. The van der Waals surface area contributed by atoms with Gasteiger partial charge in [-0.05, 0) is 61.7 Å². The van der Waals surface area contributed by atoms with Gasteiger partial charge in [0.05, 0.1) is 13.2 Å². The van der Waals surface area contributed by atoms with Crippen LogP contribution in [-0.2, 0) is 0 Å². The largest absolute Gasteiger partial charge is 0.497 e. The fourth-order valence-corrected chi connectivity index (χ4v) is 2.91. The maximum Gasteiger partial charge on any atom is 0.119 e. The van der Waals surface area contributed by atoms with Crippen molar-refractivity contribution in [2.45, 2.75) is 37.3 Å². The highest BCUT2D eigenvalue weighted by Gasteiger charge is 2.11. The molecule has 0 aromatic heterocycles. The number of nitrogens with zero attached hydrogens (tertiary/aromatic N) is 1. The van der Waals surface area contributed by atoms with Crippen LogP contribution >= 0.6 is 12.6 Å². The van der Waals surface area contributed by atoms with Crippen molar-refractivity contribution in [1.29, 1.82) is 0 Å². The SMILES string of the molecule is COc1ccc(N(C)CCC(C)NCC(O)c2ccc(S)c(C)c2)cc1. The van der Waals surface area contributed by atoms with Gasteiger partial charge in [0.15, 0.2) is 0 Å². The van der Waals surface area contributed by atoms with Gasteiger partial charge in [-0.3, -0.25) is 0 Å². The zero-order valence-corrected chi connectivity index (χ0v) is 17.0. The molecule has 2 unspecified atom stereocenters. The Labute approximate surface area is 162 Å². The first-order chi connectivity index (χ1) is 12.4. The minimum absolute atomic E-state index is 0.315. The number of rotatable bonds is 9. The van der Waals surface area contributed by atoms with Crippen LogP contribution in [0.4, 0.5) is 5.69 Å². The molecule has 5 heteroatoms. The summed E-state index contributed by atoms with van der Waals surface area (Å²) in [5.74, 6) is 0.868. The minimum Gasteiger partial charge on any atom is -0.497 e. The van der Waals surface area contributed by atoms with Crippen LogP contribution < -0.4 is 15.0 Å². The molecule has 142 valence electrons. The van der Waals surface area contributed by atoms with E-state index >= 15 is 0 Å². The van der Waals surface area contributed by atoms with Crippen LogP contribution in [0.25, 0.3) is 0 Å². The molecular weight excluding hydrogens is 344 g/mol. The van der Waals surface area contributed by atoms with Crippen LogP contribution in [0.2, 0.25) is 0 Å². The third-order valence-electron chi connectivity index (χ3n) is 4.68. The molecule has 2 aromatic carbocycles. The van der Waals surface area contributed by atoms with Gasteiger partial charge in [-0.1, -0.05) is 12.1 Å². The van der Waals surface area contributed by atoms with E-state index in [4.69, 9.17) is 4.74 Å². The topological polar surface area (TPSA) is 44.7 Å². The summed E-state index contributed by atoms with van der Waals surface area (Å²) < 4.78 is 5.20. The second-order valence-corrected chi connectivity index (χ2v) is 7.26. The lowest BCUT2D eigenvalue weighted by Crippen LogP contribution is -2.33. The Balaban J connectivity index is 1.76. The normalized spacial score (nSPS) is 13.3. The van der Waals surface area contributed by atoms with Gasteiger partial charge < -0.3 is 20.1 Å². The second kappa shape index (κ2) is 9.86. The molecule has 0 bridgehead atoms. The highest BCUT2D eigenvalue weighted by atomic mass is 32.1. The third-order valence-corrected chi connectivity index (χ3v) is 5.18. The predicted octanol–water partition coefficient (Wildman–Crippen LogP) is 3.83. The standard InChI is InChI=1S/C21H30N2O2S/c1-15-13-17(5-10-21(15)26)20(24)14-22-16(2)11-12-23(3)18-6-8-19(25-4)9-7-18/h5-10,13,16,20,22,24,26H,11-12,14H2,1-4H3. The fourth-order valence-electron chi connectivity index (χ4n) is 2.77. The van der Waals surface area contributed by atoms with E-state index in [1.807, 2.05) is 37.3 Å². The van der Waals surface area contributed by atoms with E-state index in [9.17, 15) is 5.11 Å². The first-order valence-electron chi connectivity index (χ1n) is 8.97. The molecule has 0 radical (unpaired) electrons. The Morgan fingerprint density at radius 3 is 2.50 bits per heavy atom. The minimum atomic E-state index is -0.510. The quantitative estimate of drug-likeness (QED) is 0.584. The van der Waals surface area contributed by atoms with Crippen molar-refractivity contribution < 1.29 is 9.84 Å². The molecule has 26 heavy (non-hydrogen) atoms. The van der Waals surface area contributed by atoms with E-state index in [0.717, 1.165) is 34.7 Å². The molecule has 0 aliphatic carbocycles. The number of thiol groups is 1. The van der Waals surface area contributed by atoms with Crippen molar-refractivity contribution in [2.24, 2.45) is 0 Å². The van der Waals surface area contributed by atoms with Gasteiger partial charge >= 0.3 is 0 Å². The predicted molar refractivity (Wildman–Crippen MR) is 112 cm³/mol. The first kappa shape index (κ1) is 20.6. The van der Waals surface area contributed by atoms with Gasteiger partial charge in [0.25, 0.3) is 0 Å². The molecule has 0 saturated heterocycles. The Hall–Kier alpha value is -1.69. The molecular formula is C21H30N2O2S. The van der Waals surface area contributed by atoms with Gasteiger partial charge in [0, 0.05) is 36.8 Å². The summed E-state index contributed by atoms with van der Waals surface area (Å²) >= 11 is 4.38. The zero-order valence-electron chi connectivity index (χ0n) is 16.1. The van der Waals surface area contributed by atoms with Crippen LogP contribution in [0.5, 0.6) is 5.75 Å². The monoisotopic (exact) mass is 374 g/mol. The molecule has 0 heterocycles. The van der Waals surface area contributed by atoms with Gasteiger partial charge in [-0.2, -0.15) is 0 Å². The van der Waals surface area contributed by atoms with Crippen molar-refractivity contribution in [1.82, 2.24) is 5.32 Å². The van der Waals surface area contributed by atoms with E-state index in [2.05, 4.69) is 48.9 Å². The van der Waals surface area contributed by atoms with Crippen LogP contribution in [0.15, 0.2) is 47.4 Å². The van der Waals surface area contributed by atoms with Gasteiger partial charge in [0.1, 0.15) is 5.75 Å². The van der Waals surface area contributed by atoms with E-state index in [0.29, 0.717) is 12.6 Å². The number of aliphatic hydroxyl groups is 1. The molecule has 0 amide bonds. The number of benzene rings is 2. The molecule has 4 nitrogen and oxygen atoms in total. The second-order valence-electron chi connectivity index (χ2n) is 6.78. The number of hydrogen-bond donors (Lipinski definition) is 3. The average Bonchev–Trinajstić information content (AvgIpc) is 2.66. The molecule has 0 spiro atoms. The van der Waals surface area contributed by atoms with Crippen LogP contribution in [0.3, 0.4) is 0 Å². The summed E-state index contributed by atoms with van der Waals surface area (Å²) in [6.45, 7) is 5.63. The Bertz CT molecular complexity index is 691. The molecule has 2 N–H and O–H groups in total. The molecule has 0 saturated carbocycles. The maximum absolute atomic E-state index is 10.4. The Morgan fingerprint density at radius 2 is 1.88 bits per heavy atom. The fraction of sp³-hybridized carbons (Fsp3) is 0.429. The van der Waals surface area contributed by atoms with Crippen molar-refractivity contribution in [3.8, 4) is 5.75 Å². The molecule has 2 atom stereocenters. The van der Waals surface area contributed by atoms with E-state index in [-0.39, 0.29) is 0 Å². The summed E-state index contributed by atoms with van der Waals surface area (Å²) in [6.07, 6.45) is 0.480. The number of nitrogens with one attached hydrogen (secondary N) is 1. The van der Waals surface area contributed by atoms with Crippen molar-refractivity contribution in [3.63, 3.8) is 0 Å². The first-order valence-corrected chi connectivity index (χ1v) is 9.41. The van der Waals surface area contributed by atoms with Gasteiger partial charge in [-0.15, -0.1) is 12.6 Å². The van der Waals surface area contributed by atoms with E-state index in [1.165, 1.54) is 5.69 Å². The van der Waals surface area contributed by atoms with Crippen LogP contribution in [0, 0.1) is 6.92 Å². The maximum atomic E-state index is 10.4. The number of anilines is 1. The van der Waals surface area contributed by atoms with Gasteiger partial charge in [0.2, 0.25) is 0 Å².